The Morgan fingerprint density at radius 3 is 2.09 bits per heavy atom. The zero-order valence-corrected chi connectivity index (χ0v) is 21.4. The van der Waals surface area contributed by atoms with Gasteiger partial charge in [-0.25, -0.2) is 0 Å². The van der Waals surface area contributed by atoms with Crippen molar-refractivity contribution >= 4 is 19.5 Å². The molecular formula is C30H37NOSi. The van der Waals surface area contributed by atoms with Gasteiger partial charge in [0.1, 0.15) is 0 Å². The number of hydrogen-bond acceptors (Lipinski definition) is 2. The monoisotopic (exact) mass is 455 g/mol. The van der Waals surface area contributed by atoms with Gasteiger partial charge in [0.25, 0.3) is 0 Å². The van der Waals surface area contributed by atoms with Crippen LogP contribution in [0.5, 0.6) is 0 Å². The number of benzene rings is 2. The van der Waals surface area contributed by atoms with Gasteiger partial charge < -0.3 is 4.43 Å². The van der Waals surface area contributed by atoms with E-state index in [9.17, 15) is 0 Å². The number of nitrogens with zero attached hydrogens (tertiary/aromatic N) is 1. The summed E-state index contributed by atoms with van der Waals surface area (Å²) in [6, 6.07) is 29.6. The molecule has 33 heavy (non-hydrogen) atoms. The third-order valence-electron chi connectivity index (χ3n) is 7.38. The van der Waals surface area contributed by atoms with Crippen molar-refractivity contribution in [1.29, 1.82) is 0 Å². The highest BCUT2D eigenvalue weighted by atomic mass is 28.4. The number of pyridine rings is 1. The van der Waals surface area contributed by atoms with E-state index in [2.05, 4.69) is 92.5 Å². The average molecular weight is 456 g/mol. The molecule has 0 spiro atoms. The minimum absolute atomic E-state index is 0.0137. The summed E-state index contributed by atoms with van der Waals surface area (Å²) in [5, 5.41) is 0. The molecule has 1 aromatic heterocycles. The summed E-state index contributed by atoms with van der Waals surface area (Å²) < 4.78 is 7.12. The number of allylic oxidation sites excluding steroid dienone is 2. The normalized spacial score (nSPS) is 15.5. The summed E-state index contributed by atoms with van der Waals surface area (Å²) in [6.45, 7) is 6.93. The van der Waals surface area contributed by atoms with Gasteiger partial charge in [0.2, 0.25) is 0 Å². The van der Waals surface area contributed by atoms with Crippen LogP contribution in [-0.2, 0) is 4.43 Å². The second-order valence-electron chi connectivity index (χ2n) is 9.16. The molecule has 0 saturated carbocycles. The highest BCUT2D eigenvalue weighted by Crippen LogP contribution is 2.40. The van der Waals surface area contributed by atoms with E-state index >= 15 is 0 Å². The summed E-state index contributed by atoms with van der Waals surface area (Å²) >= 11 is 0. The molecule has 1 unspecified atom stereocenters. The first-order valence-electron chi connectivity index (χ1n) is 12.7. The van der Waals surface area contributed by atoms with Gasteiger partial charge in [-0.3, -0.25) is 4.98 Å². The van der Waals surface area contributed by atoms with Crippen molar-refractivity contribution in [1.82, 2.24) is 4.98 Å². The van der Waals surface area contributed by atoms with Gasteiger partial charge in [-0.1, -0.05) is 75.4 Å². The Morgan fingerprint density at radius 1 is 0.758 bits per heavy atom. The largest absolute Gasteiger partial charge is 0.406 e. The van der Waals surface area contributed by atoms with Crippen molar-refractivity contribution in [2.45, 2.75) is 70.7 Å². The molecule has 0 amide bonds. The maximum absolute atomic E-state index is 7.12. The van der Waals surface area contributed by atoms with Gasteiger partial charge in [-0.15, -0.1) is 0 Å². The van der Waals surface area contributed by atoms with Crippen LogP contribution in [0.1, 0.15) is 74.9 Å². The lowest BCUT2D eigenvalue weighted by Crippen LogP contribution is -2.37. The summed E-state index contributed by atoms with van der Waals surface area (Å²) in [5.74, 6) is 0. The van der Waals surface area contributed by atoms with E-state index < -0.39 is 8.32 Å². The first-order chi connectivity index (χ1) is 16.2. The van der Waals surface area contributed by atoms with Gasteiger partial charge in [0.15, 0.2) is 8.32 Å². The SMILES string of the molecule is CC[Si](CC)(CC)OC(c1ccccc1)c1cccc(C2=C(c3ccccn3)CCCC2)c1. The zero-order valence-electron chi connectivity index (χ0n) is 20.4. The summed E-state index contributed by atoms with van der Waals surface area (Å²) in [7, 11) is -1.79. The fourth-order valence-electron chi connectivity index (χ4n) is 5.14. The Kier molecular flexibility index (Phi) is 7.95. The minimum atomic E-state index is -1.79. The van der Waals surface area contributed by atoms with Crippen LogP contribution in [0.15, 0.2) is 79.0 Å². The van der Waals surface area contributed by atoms with Crippen molar-refractivity contribution in [2.75, 3.05) is 0 Å². The smallest absolute Gasteiger partial charge is 0.193 e. The lowest BCUT2D eigenvalue weighted by Gasteiger charge is -2.34. The third kappa shape index (κ3) is 5.37. The molecule has 0 aliphatic heterocycles. The average Bonchev–Trinajstić information content (AvgIpc) is 2.91. The maximum Gasteiger partial charge on any atom is 0.193 e. The van der Waals surface area contributed by atoms with E-state index in [0.29, 0.717) is 0 Å². The van der Waals surface area contributed by atoms with Gasteiger partial charge in [-0.05, 0) is 89.9 Å². The number of hydrogen-bond donors (Lipinski definition) is 0. The Hall–Kier alpha value is -2.49. The summed E-state index contributed by atoms with van der Waals surface area (Å²) in [5.41, 5.74) is 7.85. The Bertz CT molecular complexity index is 1050. The molecular weight excluding hydrogens is 418 g/mol. The third-order valence-corrected chi connectivity index (χ3v) is 12.0. The van der Waals surface area contributed by atoms with Gasteiger partial charge in [-0.2, -0.15) is 0 Å². The Balaban J connectivity index is 1.78. The number of rotatable bonds is 9. The predicted molar refractivity (Wildman–Crippen MR) is 143 cm³/mol. The summed E-state index contributed by atoms with van der Waals surface area (Å²) in [6.07, 6.45) is 6.60. The first-order valence-corrected chi connectivity index (χ1v) is 15.2. The molecule has 0 saturated heterocycles. The van der Waals surface area contributed by atoms with E-state index in [1.54, 1.807) is 0 Å². The molecule has 2 nitrogen and oxygen atoms in total. The van der Waals surface area contributed by atoms with Crippen LogP contribution in [0, 0.1) is 0 Å². The lowest BCUT2D eigenvalue weighted by molar-refractivity contribution is 0.230. The molecule has 4 rings (SSSR count). The van der Waals surface area contributed by atoms with E-state index in [0.717, 1.165) is 36.7 Å². The van der Waals surface area contributed by atoms with E-state index in [-0.39, 0.29) is 6.10 Å². The van der Waals surface area contributed by atoms with E-state index in [1.165, 1.54) is 40.7 Å². The van der Waals surface area contributed by atoms with Crippen LogP contribution < -0.4 is 0 Å². The molecule has 0 bridgehead atoms. The maximum atomic E-state index is 7.12. The summed E-state index contributed by atoms with van der Waals surface area (Å²) in [4.78, 5) is 4.69. The molecule has 0 fully saturated rings. The molecule has 0 N–H and O–H groups in total. The highest BCUT2D eigenvalue weighted by molar-refractivity contribution is 6.73. The molecule has 0 radical (unpaired) electrons. The van der Waals surface area contributed by atoms with E-state index in [4.69, 9.17) is 4.43 Å². The van der Waals surface area contributed by atoms with Crippen LogP contribution in [0.4, 0.5) is 0 Å². The molecule has 2 aromatic carbocycles. The van der Waals surface area contributed by atoms with Crippen molar-refractivity contribution in [3.8, 4) is 0 Å². The molecule has 3 heteroatoms. The predicted octanol–water partition coefficient (Wildman–Crippen LogP) is 8.68. The first kappa shape index (κ1) is 23.7. The zero-order chi connectivity index (χ0) is 23.1. The van der Waals surface area contributed by atoms with Crippen LogP contribution >= 0.6 is 0 Å². The second kappa shape index (κ2) is 11.1. The molecule has 1 aliphatic rings. The molecule has 1 heterocycles. The molecule has 3 aromatic rings. The van der Waals surface area contributed by atoms with Crippen LogP contribution in [0.3, 0.4) is 0 Å². The van der Waals surface area contributed by atoms with Gasteiger partial charge in [0, 0.05) is 6.20 Å². The van der Waals surface area contributed by atoms with Crippen molar-refractivity contribution < 1.29 is 4.43 Å². The molecule has 1 atom stereocenters. The minimum Gasteiger partial charge on any atom is -0.406 e. The Morgan fingerprint density at radius 2 is 1.42 bits per heavy atom. The quantitative estimate of drug-likeness (QED) is 0.301. The highest BCUT2D eigenvalue weighted by Gasteiger charge is 2.33. The van der Waals surface area contributed by atoms with Crippen molar-refractivity contribution in [2.24, 2.45) is 0 Å². The van der Waals surface area contributed by atoms with E-state index in [1.807, 2.05) is 12.3 Å². The topological polar surface area (TPSA) is 22.1 Å². The molecule has 172 valence electrons. The van der Waals surface area contributed by atoms with Crippen molar-refractivity contribution in [3.05, 3.63) is 101 Å². The fraction of sp³-hybridized carbons (Fsp3) is 0.367. The van der Waals surface area contributed by atoms with Crippen LogP contribution in [-0.4, -0.2) is 13.3 Å². The van der Waals surface area contributed by atoms with Gasteiger partial charge >= 0.3 is 0 Å². The van der Waals surface area contributed by atoms with Gasteiger partial charge in [0.05, 0.1) is 11.8 Å². The lowest BCUT2D eigenvalue weighted by atomic mass is 9.84. The van der Waals surface area contributed by atoms with Crippen molar-refractivity contribution in [3.63, 3.8) is 0 Å². The Labute approximate surface area is 200 Å². The second-order valence-corrected chi connectivity index (χ2v) is 13.9. The van der Waals surface area contributed by atoms with Crippen LogP contribution in [0.25, 0.3) is 11.1 Å². The fourth-order valence-corrected chi connectivity index (χ4v) is 7.92. The van der Waals surface area contributed by atoms with Crippen LogP contribution in [0.2, 0.25) is 18.1 Å². The standard InChI is InChI=1S/C30H37NOSi/c1-4-33(5-2,6-3)32-30(24-15-8-7-9-16-24)26-18-14-17-25(23-26)27-19-10-11-20-28(27)29-21-12-13-22-31-29/h7-9,12-18,21-23,30H,4-6,10-11,19-20H2,1-3H3. The molecule has 1 aliphatic carbocycles. The number of aromatic nitrogens is 1.